The molecule has 1 N–H and O–H groups in total. The smallest absolute Gasteiger partial charge is 0.267 e. The number of aryl methyl sites for hydroxylation is 1. The molecule has 90 valence electrons. The topological polar surface area (TPSA) is 37.8 Å². The Kier molecular flexibility index (Phi) is 3.18. The predicted octanol–water partition coefficient (Wildman–Crippen LogP) is 2.81. The average Bonchev–Trinajstić information content (AvgIpc) is 2.59. The number of nitrogens with one attached hydrogen (secondary N) is 1. The molecule has 0 bridgehead atoms. The largest absolute Gasteiger partial charge is 0.295 e. The van der Waals surface area contributed by atoms with E-state index in [-0.39, 0.29) is 5.56 Å². The van der Waals surface area contributed by atoms with Crippen LogP contribution in [0.25, 0.3) is 11.3 Å². The van der Waals surface area contributed by atoms with Gasteiger partial charge in [0.2, 0.25) is 0 Å². The first-order chi connectivity index (χ1) is 8.06. The lowest BCUT2D eigenvalue weighted by molar-refractivity contribution is 0.474. The van der Waals surface area contributed by atoms with Gasteiger partial charge in [-0.05, 0) is 24.5 Å². The van der Waals surface area contributed by atoms with Crippen molar-refractivity contribution in [2.24, 2.45) is 5.92 Å². The Labute approximate surface area is 101 Å². The van der Waals surface area contributed by atoms with Crippen molar-refractivity contribution < 1.29 is 0 Å². The van der Waals surface area contributed by atoms with Crippen molar-refractivity contribution in [3.8, 4) is 11.3 Å². The van der Waals surface area contributed by atoms with Gasteiger partial charge in [0, 0.05) is 12.6 Å². The molecule has 0 atom stereocenters. The number of hydrogen-bond donors (Lipinski definition) is 1. The van der Waals surface area contributed by atoms with Gasteiger partial charge in [0.15, 0.2) is 0 Å². The van der Waals surface area contributed by atoms with Crippen LogP contribution in [0.3, 0.4) is 0 Å². The van der Waals surface area contributed by atoms with Gasteiger partial charge in [-0.2, -0.15) is 0 Å². The average molecular weight is 230 g/mol. The molecule has 1 aromatic carbocycles. The first-order valence-corrected chi connectivity index (χ1v) is 5.93. The SMILES string of the molecule is Cc1cccc(-c2cc(=O)n(CC(C)C)[nH]2)c1. The first-order valence-electron chi connectivity index (χ1n) is 5.93. The van der Waals surface area contributed by atoms with Crippen LogP contribution in [-0.2, 0) is 6.54 Å². The lowest BCUT2D eigenvalue weighted by Crippen LogP contribution is -2.18. The van der Waals surface area contributed by atoms with Crippen LogP contribution in [0.4, 0.5) is 0 Å². The summed E-state index contributed by atoms with van der Waals surface area (Å²) in [6.07, 6.45) is 0. The second-order valence-electron chi connectivity index (χ2n) is 4.88. The molecule has 17 heavy (non-hydrogen) atoms. The highest BCUT2D eigenvalue weighted by atomic mass is 16.1. The van der Waals surface area contributed by atoms with Gasteiger partial charge < -0.3 is 0 Å². The maximum atomic E-state index is 11.8. The number of aromatic amines is 1. The van der Waals surface area contributed by atoms with E-state index in [1.165, 1.54) is 5.56 Å². The monoisotopic (exact) mass is 230 g/mol. The Morgan fingerprint density at radius 1 is 1.29 bits per heavy atom. The Morgan fingerprint density at radius 3 is 2.71 bits per heavy atom. The van der Waals surface area contributed by atoms with Gasteiger partial charge in [0.25, 0.3) is 5.56 Å². The van der Waals surface area contributed by atoms with E-state index >= 15 is 0 Å². The van der Waals surface area contributed by atoms with Crippen molar-refractivity contribution in [3.05, 3.63) is 46.2 Å². The van der Waals surface area contributed by atoms with Crippen LogP contribution in [0.15, 0.2) is 35.1 Å². The van der Waals surface area contributed by atoms with Crippen LogP contribution >= 0.6 is 0 Å². The van der Waals surface area contributed by atoms with Crippen molar-refractivity contribution in [2.45, 2.75) is 27.3 Å². The lowest BCUT2D eigenvalue weighted by Gasteiger charge is -2.05. The zero-order chi connectivity index (χ0) is 12.4. The summed E-state index contributed by atoms with van der Waals surface area (Å²) in [5.41, 5.74) is 3.18. The second kappa shape index (κ2) is 4.62. The molecule has 0 saturated carbocycles. The van der Waals surface area contributed by atoms with Gasteiger partial charge in [-0.25, -0.2) is 0 Å². The van der Waals surface area contributed by atoms with Crippen molar-refractivity contribution in [2.75, 3.05) is 0 Å². The molecule has 0 unspecified atom stereocenters. The minimum absolute atomic E-state index is 0.0372. The fourth-order valence-electron chi connectivity index (χ4n) is 1.90. The highest BCUT2D eigenvalue weighted by molar-refractivity contribution is 5.59. The molecule has 0 aliphatic rings. The molecule has 0 spiro atoms. The summed E-state index contributed by atoms with van der Waals surface area (Å²) in [5, 5.41) is 3.16. The lowest BCUT2D eigenvalue weighted by atomic mass is 10.1. The summed E-state index contributed by atoms with van der Waals surface area (Å²) in [6.45, 7) is 6.97. The molecule has 1 aromatic heterocycles. The summed E-state index contributed by atoms with van der Waals surface area (Å²) < 4.78 is 1.67. The quantitative estimate of drug-likeness (QED) is 0.865. The Hall–Kier alpha value is -1.77. The van der Waals surface area contributed by atoms with Crippen LogP contribution < -0.4 is 5.56 Å². The Balaban J connectivity index is 2.38. The number of H-pyrrole nitrogens is 1. The number of rotatable bonds is 3. The summed E-state index contributed by atoms with van der Waals surface area (Å²) >= 11 is 0. The number of aromatic nitrogens is 2. The first kappa shape index (κ1) is 11.7. The van der Waals surface area contributed by atoms with Gasteiger partial charge >= 0.3 is 0 Å². The fourth-order valence-corrected chi connectivity index (χ4v) is 1.90. The fraction of sp³-hybridized carbons (Fsp3) is 0.357. The van der Waals surface area contributed by atoms with E-state index < -0.39 is 0 Å². The molecule has 0 saturated heterocycles. The zero-order valence-electron chi connectivity index (χ0n) is 10.5. The summed E-state index contributed by atoms with van der Waals surface area (Å²) in [6, 6.07) is 9.80. The number of benzene rings is 1. The maximum Gasteiger partial charge on any atom is 0.267 e. The molecule has 1 heterocycles. The minimum Gasteiger partial charge on any atom is -0.295 e. The number of hydrogen-bond acceptors (Lipinski definition) is 1. The van der Waals surface area contributed by atoms with Crippen molar-refractivity contribution in [3.63, 3.8) is 0 Å². The van der Waals surface area contributed by atoms with Crippen molar-refractivity contribution >= 4 is 0 Å². The van der Waals surface area contributed by atoms with Crippen molar-refractivity contribution in [1.82, 2.24) is 9.78 Å². The molecule has 0 fully saturated rings. The van der Waals surface area contributed by atoms with E-state index in [0.29, 0.717) is 5.92 Å². The molecule has 3 heteroatoms. The molecule has 0 aliphatic carbocycles. The van der Waals surface area contributed by atoms with Crippen LogP contribution in [0.2, 0.25) is 0 Å². The summed E-state index contributed by atoms with van der Waals surface area (Å²) in [7, 11) is 0. The second-order valence-corrected chi connectivity index (χ2v) is 4.88. The minimum atomic E-state index is 0.0372. The molecule has 2 rings (SSSR count). The third kappa shape index (κ3) is 2.67. The molecular formula is C14H18N2O. The van der Waals surface area contributed by atoms with E-state index in [1.807, 2.05) is 25.1 Å². The molecule has 0 amide bonds. The molecule has 2 aromatic rings. The maximum absolute atomic E-state index is 11.8. The van der Waals surface area contributed by atoms with E-state index in [9.17, 15) is 4.79 Å². The van der Waals surface area contributed by atoms with Gasteiger partial charge in [0.05, 0.1) is 5.69 Å². The van der Waals surface area contributed by atoms with Gasteiger partial charge in [0.1, 0.15) is 0 Å². The Bertz CT molecular complexity index is 564. The van der Waals surface area contributed by atoms with Gasteiger partial charge in [-0.15, -0.1) is 0 Å². The molecule has 0 aliphatic heterocycles. The van der Waals surface area contributed by atoms with E-state index in [0.717, 1.165) is 17.8 Å². The predicted molar refractivity (Wildman–Crippen MR) is 70.1 cm³/mol. The Morgan fingerprint density at radius 2 is 2.06 bits per heavy atom. The van der Waals surface area contributed by atoms with Gasteiger partial charge in [-0.1, -0.05) is 37.6 Å². The molecule has 0 radical (unpaired) electrons. The third-order valence-electron chi connectivity index (χ3n) is 2.67. The summed E-state index contributed by atoms with van der Waals surface area (Å²) in [5.74, 6) is 0.455. The zero-order valence-corrected chi connectivity index (χ0v) is 10.5. The highest BCUT2D eigenvalue weighted by Gasteiger charge is 2.06. The van der Waals surface area contributed by atoms with Gasteiger partial charge in [-0.3, -0.25) is 14.6 Å². The van der Waals surface area contributed by atoms with Crippen LogP contribution in [0.5, 0.6) is 0 Å². The third-order valence-corrected chi connectivity index (χ3v) is 2.67. The van der Waals surface area contributed by atoms with Crippen molar-refractivity contribution in [1.29, 1.82) is 0 Å². The van der Waals surface area contributed by atoms with Crippen LogP contribution in [0, 0.1) is 12.8 Å². The van der Waals surface area contributed by atoms with E-state index in [2.05, 4.69) is 25.0 Å². The standard InChI is InChI=1S/C14H18N2O/c1-10(2)9-16-14(17)8-13(15-16)12-6-4-5-11(3)7-12/h4-8,10,15H,9H2,1-3H3. The van der Waals surface area contributed by atoms with Crippen LogP contribution in [0.1, 0.15) is 19.4 Å². The molecule has 3 nitrogen and oxygen atoms in total. The molecular weight excluding hydrogens is 212 g/mol. The van der Waals surface area contributed by atoms with E-state index in [1.54, 1.807) is 10.7 Å². The van der Waals surface area contributed by atoms with E-state index in [4.69, 9.17) is 0 Å². The number of nitrogens with zero attached hydrogens (tertiary/aromatic N) is 1. The summed E-state index contributed by atoms with van der Waals surface area (Å²) in [4.78, 5) is 11.8. The highest BCUT2D eigenvalue weighted by Crippen LogP contribution is 2.16. The normalized spacial score (nSPS) is 11.1. The van der Waals surface area contributed by atoms with Crippen LogP contribution in [-0.4, -0.2) is 9.78 Å².